The van der Waals surface area contributed by atoms with Gasteiger partial charge >= 0.3 is 0 Å². The highest BCUT2D eigenvalue weighted by Crippen LogP contribution is 2.62. The Labute approximate surface area is 114 Å². The van der Waals surface area contributed by atoms with Gasteiger partial charge in [0.25, 0.3) is 0 Å². The van der Waals surface area contributed by atoms with Crippen LogP contribution in [0.3, 0.4) is 0 Å². The van der Waals surface area contributed by atoms with Crippen molar-refractivity contribution in [2.45, 2.75) is 45.1 Å². The van der Waals surface area contributed by atoms with Crippen LogP contribution in [0.2, 0.25) is 0 Å². The lowest BCUT2D eigenvalue weighted by Gasteiger charge is -2.53. The van der Waals surface area contributed by atoms with E-state index < -0.39 is 0 Å². The van der Waals surface area contributed by atoms with Crippen molar-refractivity contribution >= 4 is 5.78 Å². The maximum Gasteiger partial charge on any atom is 0.137 e. The molecule has 2 bridgehead atoms. The Balaban J connectivity index is 1.94. The Bertz CT molecular complexity index is 458. The van der Waals surface area contributed by atoms with E-state index in [4.69, 9.17) is 0 Å². The summed E-state index contributed by atoms with van der Waals surface area (Å²) in [6.45, 7) is 4.30. The number of carbonyl (C=O) groups excluding carboxylic acids is 1. The predicted molar refractivity (Wildman–Crippen MR) is 72.3 cm³/mol. The second-order valence-corrected chi connectivity index (χ2v) is 7.05. The van der Waals surface area contributed by atoms with Gasteiger partial charge in [0.15, 0.2) is 0 Å². The minimum Gasteiger partial charge on any atom is -0.392 e. The summed E-state index contributed by atoms with van der Waals surface area (Å²) in [7, 11) is 0. The number of hydrogen-bond acceptors (Lipinski definition) is 3. The first-order valence-corrected chi connectivity index (χ1v) is 7.82. The van der Waals surface area contributed by atoms with Gasteiger partial charge in [0.1, 0.15) is 5.78 Å². The van der Waals surface area contributed by atoms with Gasteiger partial charge in [-0.25, -0.2) is 0 Å². The van der Waals surface area contributed by atoms with Crippen LogP contribution < -0.4 is 0 Å². The molecule has 3 heteroatoms. The Morgan fingerprint density at radius 3 is 3.05 bits per heavy atom. The van der Waals surface area contributed by atoms with E-state index in [-0.39, 0.29) is 17.4 Å². The molecular formula is C16H23NO2. The zero-order valence-corrected chi connectivity index (χ0v) is 11.6. The molecule has 3 fully saturated rings. The van der Waals surface area contributed by atoms with Crippen LogP contribution in [-0.4, -0.2) is 35.0 Å². The van der Waals surface area contributed by atoms with Crippen molar-refractivity contribution in [3.05, 3.63) is 11.8 Å². The second-order valence-electron chi connectivity index (χ2n) is 7.05. The maximum atomic E-state index is 12.5. The molecule has 104 valence electrons. The van der Waals surface area contributed by atoms with Gasteiger partial charge in [-0.2, -0.15) is 0 Å². The number of nitrogens with zero attached hydrogens (tertiary/aromatic N) is 1. The first-order chi connectivity index (χ1) is 9.14. The monoisotopic (exact) mass is 261 g/mol. The van der Waals surface area contributed by atoms with Crippen LogP contribution in [0, 0.1) is 23.2 Å². The summed E-state index contributed by atoms with van der Waals surface area (Å²) in [6.07, 6.45) is 6.77. The van der Waals surface area contributed by atoms with E-state index in [0.717, 1.165) is 38.8 Å². The van der Waals surface area contributed by atoms with Crippen molar-refractivity contribution in [2.75, 3.05) is 13.1 Å². The molecular weight excluding hydrogens is 238 g/mol. The number of carbonyl (C=O) groups is 1. The smallest absolute Gasteiger partial charge is 0.137 e. The Morgan fingerprint density at radius 2 is 2.21 bits per heavy atom. The molecule has 1 spiro atoms. The summed E-state index contributed by atoms with van der Waals surface area (Å²) in [5.74, 6) is 1.45. The van der Waals surface area contributed by atoms with Crippen LogP contribution in [-0.2, 0) is 4.79 Å². The molecule has 2 saturated heterocycles. The fourth-order valence-corrected chi connectivity index (χ4v) is 5.51. The molecule has 0 aromatic carbocycles. The van der Waals surface area contributed by atoms with E-state index in [1.54, 1.807) is 0 Å². The molecule has 0 aromatic rings. The molecule has 1 saturated carbocycles. The minimum atomic E-state index is -0.304. The van der Waals surface area contributed by atoms with E-state index in [1.165, 1.54) is 5.70 Å². The van der Waals surface area contributed by atoms with E-state index in [9.17, 15) is 9.90 Å². The van der Waals surface area contributed by atoms with E-state index in [2.05, 4.69) is 17.9 Å². The minimum absolute atomic E-state index is 0.0940. The number of allylic oxidation sites excluding steroid dienone is 1. The summed E-state index contributed by atoms with van der Waals surface area (Å²) >= 11 is 0. The first-order valence-electron chi connectivity index (χ1n) is 7.82. The van der Waals surface area contributed by atoms with Crippen molar-refractivity contribution in [3.8, 4) is 0 Å². The first kappa shape index (κ1) is 12.0. The summed E-state index contributed by atoms with van der Waals surface area (Å²) in [6, 6.07) is 0. The molecule has 2 aliphatic carbocycles. The van der Waals surface area contributed by atoms with Gasteiger partial charge in [0.2, 0.25) is 0 Å². The lowest BCUT2D eigenvalue weighted by Crippen LogP contribution is -2.55. The number of hydrogen-bond donors (Lipinski definition) is 1. The van der Waals surface area contributed by atoms with Crippen LogP contribution in [0.1, 0.15) is 39.0 Å². The third-order valence-corrected chi connectivity index (χ3v) is 6.12. The molecule has 1 unspecified atom stereocenters. The van der Waals surface area contributed by atoms with E-state index in [1.807, 2.05) is 0 Å². The highest BCUT2D eigenvalue weighted by Gasteiger charge is 2.64. The number of aliphatic hydroxyl groups is 1. The summed E-state index contributed by atoms with van der Waals surface area (Å²) < 4.78 is 0. The summed E-state index contributed by atoms with van der Waals surface area (Å²) in [5, 5.41) is 10.8. The van der Waals surface area contributed by atoms with Gasteiger partial charge in [-0.15, -0.1) is 0 Å². The summed E-state index contributed by atoms with van der Waals surface area (Å²) in [5.41, 5.74) is 1.13. The summed E-state index contributed by atoms with van der Waals surface area (Å²) in [4.78, 5) is 15.0. The fourth-order valence-electron chi connectivity index (χ4n) is 5.51. The van der Waals surface area contributed by atoms with Crippen LogP contribution in [0.25, 0.3) is 0 Å². The quantitative estimate of drug-likeness (QED) is 0.724. The maximum absolute atomic E-state index is 12.5. The highest BCUT2D eigenvalue weighted by molar-refractivity contribution is 5.86. The number of piperidine rings is 1. The number of Topliss-reactive ketones (excluding diaryl/α,β-unsaturated/α-hetero) is 1. The predicted octanol–water partition coefficient (Wildman–Crippen LogP) is 1.96. The van der Waals surface area contributed by atoms with Gasteiger partial charge in [0, 0.05) is 36.5 Å². The molecule has 19 heavy (non-hydrogen) atoms. The van der Waals surface area contributed by atoms with E-state index >= 15 is 0 Å². The van der Waals surface area contributed by atoms with Crippen LogP contribution >= 0.6 is 0 Å². The molecule has 1 N–H and O–H groups in total. The van der Waals surface area contributed by atoms with Crippen LogP contribution in [0.15, 0.2) is 11.8 Å². The lowest BCUT2D eigenvalue weighted by molar-refractivity contribution is -0.125. The zero-order valence-electron chi connectivity index (χ0n) is 11.6. The molecule has 3 nitrogen and oxygen atoms in total. The molecule has 5 atom stereocenters. The molecule has 0 aromatic heterocycles. The van der Waals surface area contributed by atoms with E-state index in [0.29, 0.717) is 24.0 Å². The van der Waals surface area contributed by atoms with Gasteiger partial charge in [-0.05, 0) is 37.5 Å². The molecule has 4 rings (SSSR count). The van der Waals surface area contributed by atoms with Crippen LogP contribution in [0.4, 0.5) is 0 Å². The standard InChI is InChI=1S/C16H23NO2/c1-10-7-11-9-13(18)12-3-2-5-17-6-4-15(19)16(11,12)14(17)8-10/h8,10-12,15,19H,2-7,9H2,1H3/t10-,11+,12-,15-,16?/m1/s1. The molecule has 0 radical (unpaired) electrons. The lowest BCUT2D eigenvalue weighted by atomic mass is 9.58. The average molecular weight is 261 g/mol. The average Bonchev–Trinajstić information content (AvgIpc) is 2.56. The topological polar surface area (TPSA) is 40.5 Å². The Hall–Kier alpha value is -0.830. The Morgan fingerprint density at radius 1 is 1.37 bits per heavy atom. The van der Waals surface area contributed by atoms with Crippen molar-refractivity contribution < 1.29 is 9.90 Å². The van der Waals surface area contributed by atoms with Gasteiger partial charge in [-0.3, -0.25) is 4.79 Å². The number of ketones is 1. The fraction of sp³-hybridized carbons (Fsp3) is 0.812. The molecule has 0 amide bonds. The van der Waals surface area contributed by atoms with Gasteiger partial charge in [-0.1, -0.05) is 13.0 Å². The zero-order chi connectivity index (χ0) is 13.2. The van der Waals surface area contributed by atoms with Crippen molar-refractivity contribution in [2.24, 2.45) is 23.2 Å². The SMILES string of the molecule is C[C@H]1C=C2N3CCC[C@@H]4C(=O)C[C@H](C1)C24[C@H](O)CC3. The third-order valence-electron chi connectivity index (χ3n) is 6.12. The Kier molecular flexibility index (Phi) is 2.42. The van der Waals surface area contributed by atoms with Crippen LogP contribution in [0.5, 0.6) is 0 Å². The number of rotatable bonds is 0. The van der Waals surface area contributed by atoms with Gasteiger partial charge in [0.05, 0.1) is 6.10 Å². The molecule has 2 heterocycles. The normalized spacial score (nSPS) is 48.6. The second kappa shape index (κ2) is 3.85. The molecule has 4 aliphatic rings. The molecule has 2 aliphatic heterocycles. The van der Waals surface area contributed by atoms with Crippen molar-refractivity contribution in [1.29, 1.82) is 0 Å². The van der Waals surface area contributed by atoms with Crippen molar-refractivity contribution in [3.63, 3.8) is 0 Å². The number of aliphatic hydroxyl groups excluding tert-OH is 1. The third kappa shape index (κ3) is 1.35. The van der Waals surface area contributed by atoms with Crippen molar-refractivity contribution in [1.82, 2.24) is 4.90 Å². The highest BCUT2D eigenvalue weighted by atomic mass is 16.3. The van der Waals surface area contributed by atoms with Gasteiger partial charge < -0.3 is 10.0 Å². The largest absolute Gasteiger partial charge is 0.392 e.